The minimum Gasteiger partial charge on any atom is -0.481 e. The third-order valence-corrected chi connectivity index (χ3v) is 5.71. The molecule has 0 amide bonds. The van der Waals surface area contributed by atoms with Gasteiger partial charge in [-0.3, -0.25) is 9.59 Å². The smallest absolute Gasteiger partial charge is 0.309 e. The van der Waals surface area contributed by atoms with Crippen LogP contribution in [0.25, 0.3) is 0 Å². The van der Waals surface area contributed by atoms with Crippen LogP contribution >= 0.6 is 0 Å². The Balaban J connectivity index is 0.00000379. The first kappa shape index (κ1) is 27.2. The van der Waals surface area contributed by atoms with Gasteiger partial charge in [-0.2, -0.15) is 0 Å². The predicted octanol–water partition coefficient (Wildman–Crippen LogP) is 6.67. The third-order valence-electron chi connectivity index (χ3n) is 5.71. The quantitative estimate of drug-likeness (QED) is 0.380. The SMILES string of the molecule is CC.Cc1c(CCCCC(C)(C)C(=O)O)cccc1CCCCC(C)(C)C(=O)O. The van der Waals surface area contributed by atoms with Crippen LogP contribution in [-0.2, 0) is 22.4 Å². The molecule has 166 valence electrons. The molecular weight excluding hydrogens is 364 g/mol. The zero-order valence-electron chi connectivity index (χ0n) is 19.6. The number of benzene rings is 1. The first-order chi connectivity index (χ1) is 13.5. The van der Waals surface area contributed by atoms with Crippen molar-refractivity contribution >= 4 is 11.9 Å². The summed E-state index contributed by atoms with van der Waals surface area (Å²) in [4.78, 5) is 22.4. The van der Waals surface area contributed by atoms with Gasteiger partial charge in [0, 0.05) is 0 Å². The zero-order chi connectivity index (χ0) is 22.7. The number of aliphatic carboxylic acids is 2. The number of carboxylic acid groups (broad SMARTS) is 2. The predicted molar refractivity (Wildman–Crippen MR) is 120 cm³/mol. The molecule has 0 fully saturated rings. The lowest BCUT2D eigenvalue weighted by Crippen LogP contribution is -2.23. The second kappa shape index (κ2) is 12.7. The molecule has 29 heavy (non-hydrogen) atoms. The van der Waals surface area contributed by atoms with Gasteiger partial charge in [-0.25, -0.2) is 0 Å². The van der Waals surface area contributed by atoms with Crippen molar-refractivity contribution in [1.29, 1.82) is 0 Å². The Hall–Kier alpha value is -1.84. The van der Waals surface area contributed by atoms with Gasteiger partial charge in [0.2, 0.25) is 0 Å². The zero-order valence-corrected chi connectivity index (χ0v) is 19.6. The van der Waals surface area contributed by atoms with Crippen LogP contribution in [0.4, 0.5) is 0 Å². The molecule has 0 saturated carbocycles. The lowest BCUT2D eigenvalue weighted by Gasteiger charge is -2.19. The summed E-state index contributed by atoms with van der Waals surface area (Å²) in [5, 5.41) is 18.4. The maximum atomic E-state index is 11.2. The number of hydrogen-bond acceptors (Lipinski definition) is 2. The lowest BCUT2D eigenvalue weighted by atomic mass is 9.86. The molecule has 1 rings (SSSR count). The first-order valence-electron chi connectivity index (χ1n) is 11.0. The number of carboxylic acids is 2. The van der Waals surface area contributed by atoms with Crippen molar-refractivity contribution < 1.29 is 19.8 Å². The summed E-state index contributed by atoms with van der Waals surface area (Å²) in [6, 6.07) is 6.42. The van der Waals surface area contributed by atoms with E-state index >= 15 is 0 Å². The molecule has 0 unspecified atom stereocenters. The van der Waals surface area contributed by atoms with Crippen LogP contribution in [-0.4, -0.2) is 22.2 Å². The van der Waals surface area contributed by atoms with E-state index in [-0.39, 0.29) is 0 Å². The monoisotopic (exact) mass is 406 g/mol. The highest BCUT2D eigenvalue weighted by Gasteiger charge is 2.26. The number of unbranched alkanes of at least 4 members (excludes halogenated alkanes) is 2. The molecule has 0 atom stereocenters. The van der Waals surface area contributed by atoms with Crippen molar-refractivity contribution in [2.75, 3.05) is 0 Å². The largest absolute Gasteiger partial charge is 0.481 e. The van der Waals surface area contributed by atoms with E-state index in [1.807, 2.05) is 13.8 Å². The molecule has 1 aromatic carbocycles. The van der Waals surface area contributed by atoms with E-state index in [4.69, 9.17) is 0 Å². The normalized spacial score (nSPS) is 11.6. The van der Waals surface area contributed by atoms with Crippen LogP contribution in [0.5, 0.6) is 0 Å². The molecule has 0 aliphatic carbocycles. The van der Waals surface area contributed by atoms with E-state index in [2.05, 4.69) is 25.1 Å². The van der Waals surface area contributed by atoms with Gasteiger partial charge in [-0.1, -0.05) is 44.9 Å². The number of rotatable bonds is 12. The second-order valence-electron chi connectivity index (χ2n) is 8.99. The fraction of sp³-hybridized carbons (Fsp3) is 0.680. The Morgan fingerprint density at radius 3 is 1.41 bits per heavy atom. The highest BCUT2D eigenvalue weighted by Crippen LogP contribution is 2.26. The standard InChI is InChI=1S/C23H36O4.C2H6/c1-17-18(11-6-8-15-22(2,3)20(24)25)13-10-14-19(17)12-7-9-16-23(4,5)21(26)27;1-2/h10,13-14H,6-9,11-12,15-16H2,1-5H3,(H,24,25)(H,26,27);1-2H3. The summed E-state index contributed by atoms with van der Waals surface area (Å²) in [6.45, 7) is 13.3. The van der Waals surface area contributed by atoms with Crippen molar-refractivity contribution in [3.05, 3.63) is 34.9 Å². The summed E-state index contributed by atoms with van der Waals surface area (Å²) >= 11 is 0. The molecule has 4 nitrogen and oxygen atoms in total. The van der Waals surface area contributed by atoms with Crippen molar-refractivity contribution in [2.24, 2.45) is 10.8 Å². The van der Waals surface area contributed by atoms with E-state index < -0.39 is 22.8 Å². The van der Waals surface area contributed by atoms with Crippen LogP contribution in [0.2, 0.25) is 0 Å². The van der Waals surface area contributed by atoms with E-state index in [0.29, 0.717) is 12.8 Å². The van der Waals surface area contributed by atoms with Crippen molar-refractivity contribution in [1.82, 2.24) is 0 Å². The molecule has 0 radical (unpaired) electrons. The number of hydrogen-bond donors (Lipinski definition) is 2. The van der Waals surface area contributed by atoms with Crippen LogP contribution in [0.3, 0.4) is 0 Å². The number of carbonyl (C=O) groups is 2. The summed E-state index contributed by atoms with van der Waals surface area (Å²) < 4.78 is 0. The Morgan fingerprint density at radius 1 is 0.759 bits per heavy atom. The third kappa shape index (κ3) is 9.47. The van der Waals surface area contributed by atoms with Gasteiger partial charge in [0.1, 0.15) is 0 Å². The fourth-order valence-electron chi connectivity index (χ4n) is 3.26. The Kier molecular flexibility index (Phi) is 11.9. The van der Waals surface area contributed by atoms with Crippen LogP contribution in [0.1, 0.15) is 96.8 Å². The summed E-state index contributed by atoms with van der Waals surface area (Å²) in [5.74, 6) is -1.46. The maximum Gasteiger partial charge on any atom is 0.309 e. The van der Waals surface area contributed by atoms with Gasteiger partial charge in [-0.15, -0.1) is 0 Å². The first-order valence-corrected chi connectivity index (χ1v) is 11.0. The molecule has 0 aliphatic rings. The summed E-state index contributed by atoms with van der Waals surface area (Å²) in [7, 11) is 0. The minimum atomic E-state index is -0.730. The van der Waals surface area contributed by atoms with Crippen molar-refractivity contribution in [2.45, 2.75) is 99.8 Å². The number of aryl methyl sites for hydroxylation is 2. The molecule has 4 heteroatoms. The van der Waals surface area contributed by atoms with E-state index in [9.17, 15) is 19.8 Å². The Bertz CT molecular complexity index is 592. The molecule has 0 aliphatic heterocycles. The molecule has 0 bridgehead atoms. The highest BCUT2D eigenvalue weighted by molar-refractivity contribution is 5.73. The molecular formula is C25H42O4. The highest BCUT2D eigenvalue weighted by atomic mass is 16.4. The lowest BCUT2D eigenvalue weighted by molar-refractivity contribution is -0.148. The van der Waals surface area contributed by atoms with Crippen molar-refractivity contribution in [3.63, 3.8) is 0 Å². The van der Waals surface area contributed by atoms with Crippen molar-refractivity contribution in [3.8, 4) is 0 Å². The van der Waals surface area contributed by atoms with Gasteiger partial charge in [0.25, 0.3) is 0 Å². The van der Waals surface area contributed by atoms with Gasteiger partial charge in [-0.05, 0) is 89.8 Å². The Labute approximate surface area is 177 Å². The van der Waals surface area contributed by atoms with Gasteiger partial charge < -0.3 is 10.2 Å². The fourth-order valence-corrected chi connectivity index (χ4v) is 3.26. The summed E-state index contributed by atoms with van der Waals surface area (Å²) in [5.41, 5.74) is 2.70. The Morgan fingerprint density at radius 2 is 1.10 bits per heavy atom. The molecule has 1 aromatic rings. The molecule has 0 saturated heterocycles. The van der Waals surface area contributed by atoms with Crippen LogP contribution in [0.15, 0.2) is 18.2 Å². The van der Waals surface area contributed by atoms with Crippen LogP contribution in [0, 0.1) is 17.8 Å². The van der Waals surface area contributed by atoms with Gasteiger partial charge >= 0.3 is 11.9 Å². The van der Waals surface area contributed by atoms with Gasteiger partial charge in [0.05, 0.1) is 10.8 Å². The topological polar surface area (TPSA) is 74.6 Å². The van der Waals surface area contributed by atoms with Gasteiger partial charge in [0.15, 0.2) is 0 Å². The van der Waals surface area contributed by atoms with Crippen LogP contribution < -0.4 is 0 Å². The van der Waals surface area contributed by atoms with E-state index in [1.165, 1.54) is 16.7 Å². The molecule has 0 spiro atoms. The summed E-state index contributed by atoms with van der Waals surface area (Å²) in [6.07, 6.45) is 7.14. The minimum absolute atomic E-state index is 0.652. The molecule has 0 heterocycles. The molecule has 2 N–H and O–H groups in total. The average molecular weight is 407 g/mol. The molecule has 0 aromatic heterocycles. The maximum absolute atomic E-state index is 11.2. The average Bonchev–Trinajstić information content (AvgIpc) is 2.65. The van der Waals surface area contributed by atoms with E-state index in [0.717, 1.165) is 38.5 Å². The second-order valence-corrected chi connectivity index (χ2v) is 8.99. The van der Waals surface area contributed by atoms with E-state index in [1.54, 1.807) is 27.7 Å².